The second kappa shape index (κ2) is 7.19. The number of hydrogen-bond acceptors (Lipinski definition) is 4. The lowest BCUT2D eigenvalue weighted by Gasteiger charge is -2.14. The monoisotopic (exact) mass is 407 g/mol. The van der Waals surface area contributed by atoms with E-state index in [1.54, 1.807) is 17.7 Å². The third kappa shape index (κ3) is 3.27. The highest BCUT2D eigenvalue weighted by molar-refractivity contribution is 7.19. The second-order valence-electron chi connectivity index (χ2n) is 7.30. The Morgan fingerprint density at radius 3 is 2.39 bits per heavy atom. The summed E-state index contributed by atoms with van der Waals surface area (Å²) in [6, 6.07) is 10.7. The molecule has 0 aliphatic carbocycles. The van der Waals surface area contributed by atoms with Gasteiger partial charge in [0.15, 0.2) is 0 Å². The molecule has 0 atom stereocenters. The fourth-order valence-electron chi connectivity index (χ4n) is 3.58. The second-order valence-corrected chi connectivity index (χ2v) is 8.91. The number of thiophene rings is 1. The first-order chi connectivity index (χ1) is 13.3. The zero-order valence-electron chi connectivity index (χ0n) is 16.6. The van der Waals surface area contributed by atoms with Crippen LogP contribution in [0.3, 0.4) is 0 Å². The molecule has 2 aromatic heterocycles. The molecule has 28 heavy (non-hydrogen) atoms. The van der Waals surface area contributed by atoms with Gasteiger partial charge in [-0.3, -0.25) is 0 Å². The minimum atomic E-state index is 0.698. The Morgan fingerprint density at radius 1 is 0.893 bits per heavy atom. The van der Waals surface area contributed by atoms with E-state index >= 15 is 0 Å². The summed E-state index contributed by atoms with van der Waals surface area (Å²) in [5.74, 6) is 0.788. The molecule has 2 aromatic carbocycles. The van der Waals surface area contributed by atoms with Crippen LogP contribution in [0.25, 0.3) is 21.3 Å². The predicted octanol–water partition coefficient (Wildman–Crippen LogP) is 7.30. The number of aromatic nitrogens is 2. The number of nitrogens with one attached hydrogen (secondary N) is 1. The van der Waals surface area contributed by atoms with E-state index in [1.807, 2.05) is 13.0 Å². The summed E-state index contributed by atoms with van der Waals surface area (Å²) in [5.41, 5.74) is 8.07. The highest BCUT2D eigenvalue weighted by Gasteiger charge is 2.18. The van der Waals surface area contributed by atoms with Crippen molar-refractivity contribution in [2.75, 3.05) is 5.32 Å². The van der Waals surface area contributed by atoms with E-state index in [9.17, 15) is 0 Å². The third-order valence-electron chi connectivity index (χ3n) is 5.14. The van der Waals surface area contributed by atoms with Gasteiger partial charge in [0, 0.05) is 10.4 Å². The molecule has 0 amide bonds. The fraction of sp³-hybridized carbons (Fsp3) is 0.217. The van der Waals surface area contributed by atoms with E-state index in [1.165, 1.54) is 27.1 Å². The van der Waals surface area contributed by atoms with Gasteiger partial charge in [-0.05, 0) is 68.5 Å². The molecule has 2 heterocycles. The van der Waals surface area contributed by atoms with Gasteiger partial charge in [-0.1, -0.05) is 35.9 Å². The molecule has 1 N–H and O–H groups in total. The lowest BCUT2D eigenvalue weighted by atomic mass is 9.99. The average Bonchev–Trinajstić information content (AvgIpc) is 2.97. The standard InChI is InChI=1S/C23H22ClN3S/c1-12-8-15(4)21(18(24)9-12)27-22-20-19(16(5)28-23(20)26-11-25-22)17-7-6-13(2)14(3)10-17/h6-11H,1-5H3,(H,25,26,27). The maximum Gasteiger partial charge on any atom is 0.143 e. The molecule has 4 rings (SSSR count). The predicted molar refractivity (Wildman–Crippen MR) is 121 cm³/mol. The smallest absolute Gasteiger partial charge is 0.143 e. The Kier molecular flexibility index (Phi) is 4.86. The zero-order chi connectivity index (χ0) is 20.0. The van der Waals surface area contributed by atoms with Crippen LogP contribution in [-0.4, -0.2) is 9.97 Å². The molecule has 0 fully saturated rings. The summed E-state index contributed by atoms with van der Waals surface area (Å²) in [6.07, 6.45) is 1.61. The van der Waals surface area contributed by atoms with Gasteiger partial charge in [-0.15, -0.1) is 11.3 Å². The van der Waals surface area contributed by atoms with Crippen molar-refractivity contribution in [2.24, 2.45) is 0 Å². The number of halogens is 1. The van der Waals surface area contributed by atoms with Crippen molar-refractivity contribution in [3.05, 3.63) is 68.8 Å². The number of nitrogens with zero attached hydrogens (tertiary/aromatic N) is 2. The minimum absolute atomic E-state index is 0.698. The van der Waals surface area contributed by atoms with E-state index < -0.39 is 0 Å². The van der Waals surface area contributed by atoms with Gasteiger partial charge in [0.2, 0.25) is 0 Å². The highest BCUT2D eigenvalue weighted by Crippen LogP contribution is 2.42. The van der Waals surface area contributed by atoms with Crippen LogP contribution in [-0.2, 0) is 0 Å². The quantitative estimate of drug-likeness (QED) is 0.387. The summed E-state index contributed by atoms with van der Waals surface area (Å²) >= 11 is 8.23. The lowest BCUT2D eigenvalue weighted by Crippen LogP contribution is -1.99. The van der Waals surface area contributed by atoms with Crippen LogP contribution < -0.4 is 5.32 Å². The number of hydrogen-bond donors (Lipinski definition) is 1. The Hall–Kier alpha value is -2.43. The van der Waals surface area contributed by atoms with Crippen LogP contribution in [0, 0.1) is 34.6 Å². The van der Waals surface area contributed by atoms with Crippen LogP contribution in [0.1, 0.15) is 27.1 Å². The largest absolute Gasteiger partial charge is 0.338 e. The van der Waals surface area contributed by atoms with E-state index in [0.717, 1.165) is 32.8 Å². The van der Waals surface area contributed by atoms with Gasteiger partial charge in [0.25, 0.3) is 0 Å². The Bertz CT molecular complexity index is 1190. The summed E-state index contributed by atoms with van der Waals surface area (Å²) in [6.45, 7) is 10.5. The molecule has 0 aliphatic rings. The van der Waals surface area contributed by atoms with Crippen molar-refractivity contribution >= 4 is 44.7 Å². The van der Waals surface area contributed by atoms with Crippen molar-refractivity contribution < 1.29 is 0 Å². The van der Waals surface area contributed by atoms with Crippen LogP contribution in [0.4, 0.5) is 11.5 Å². The molecule has 0 unspecified atom stereocenters. The number of aryl methyl sites for hydroxylation is 5. The van der Waals surface area contributed by atoms with Crippen molar-refractivity contribution in [3.8, 4) is 11.1 Å². The molecule has 3 nitrogen and oxygen atoms in total. The lowest BCUT2D eigenvalue weighted by molar-refractivity contribution is 1.22. The van der Waals surface area contributed by atoms with Crippen LogP contribution >= 0.6 is 22.9 Å². The number of anilines is 2. The summed E-state index contributed by atoms with van der Waals surface area (Å²) in [7, 11) is 0. The van der Waals surface area contributed by atoms with Crippen LogP contribution in [0.2, 0.25) is 5.02 Å². The molecule has 142 valence electrons. The van der Waals surface area contributed by atoms with E-state index in [-0.39, 0.29) is 0 Å². The topological polar surface area (TPSA) is 37.8 Å². The maximum absolute atomic E-state index is 6.53. The van der Waals surface area contributed by atoms with Gasteiger partial charge in [0.05, 0.1) is 16.1 Å². The summed E-state index contributed by atoms with van der Waals surface area (Å²) in [4.78, 5) is 11.3. The first-order valence-electron chi connectivity index (χ1n) is 9.20. The van der Waals surface area contributed by atoms with E-state index in [2.05, 4.69) is 67.2 Å². The SMILES string of the molecule is Cc1cc(C)c(Nc2ncnc3sc(C)c(-c4ccc(C)c(C)c4)c23)c(Cl)c1. The number of benzene rings is 2. The Balaban J connectivity index is 1.92. The number of rotatable bonds is 3. The number of fused-ring (bicyclic) bond motifs is 1. The highest BCUT2D eigenvalue weighted by atomic mass is 35.5. The zero-order valence-corrected chi connectivity index (χ0v) is 18.2. The van der Waals surface area contributed by atoms with E-state index in [4.69, 9.17) is 11.6 Å². The first-order valence-corrected chi connectivity index (χ1v) is 10.4. The summed E-state index contributed by atoms with van der Waals surface area (Å²) in [5, 5.41) is 5.23. The van der Waals surface area contributed by atoms with Crippen molar-refractivity contribution in [3.63, 3.8) is 0 Å². The molecule has 5 heteroatoms. The molecule has 0 saturated carbocycles. The van der Waals surface area contributed by atoms with E-state index in [0.29, 0.717) is 5.02 Å². The molecular formula is C23H22ClN3S. The first kappa shape index (κ1) is 18.9. The van der Waals surface area contributed by atoms with Gasteiger partial charge in [0.1, 0.15) is 17.0 Å². The van der Waals surface area contributed by atoms with Gasteiger partial charge in [-0.25, -0.2) is 9.97 Å². The van der Waals surface area contributed by atoms with Gasteiger partial charge >= 0.3 is 0 Å². The Labute approximate surface area is 174 Å². The van der Waals surface area contributed by atoms with Gasteiger partial charge in [-0.2, -0.15) is 0 Å². The summed E-state index contributed by atoms with van der Waals surface area (Å²) < 4.78 is 0. The van der Waals surface area contributed by atoms with Gasteiger partial charge < -0.3 is 5.32 Å². The molecule has 0 aliphatic heterocycles. The molecule has 0 radical (unpaired) electrons. The Morgan fingerprint density at radius 2 is 1.68 bits per heavy atom. The minimum Gasteiger partial charge on any atom is -0.338 e. The average molecular weight is 408 g/mol. The maximum atomic E-state index is 6.53. The molecule has 0 bridgehead atoms. The van der Waals surface area contributed by atoms with Crippen LogP contribution in [0.15, 0.2) is 36.7 Å². The molecule has 0 saturated heterocycles. The molecule has 4 aromatic rings. The molecular weight excluding hydrogens is 386 g/mol. The van der Waals surface area contributed by atoms with Crippen LogP contribution in [0.5, 0.6) is 0 Å². The van der Waals surface area contributed by atoms with Crippen molar-refractivity contribution in [1.82, 2.24) is 9.97 Å². The van der Waals surface area contributed by atoms with Crippen molar-refractivity contribution in [2.45, 2.75) is 34.6 Å². The van der Waals surface area contributed by atoms with Crippen molar-refractivity contribution in [1.29, 1.82) is 0 Å². The normalized spacial score (nSPS) is 11.2. The molecule has 0 spiro atoms. The third-order valence-corrected chi connectivity index (χ3v) is 6.45. The fourth-order valence-corrected chi connectivity index (χ4v) is 4.96.